The number of hydrogen-bond acceptors (Lipinski definition) is 4. The van der Waals surface area contributed by atoms with Gasteiger partial charge in [-0.3, -0.25) is 13.9 Å². The number of aryl methyl sites for hydroxylation is 3. The Hall–Kier alpha value is -3.07. The van der Waals surface area contributed by atoms with Gasteiger partial charge in [0.05, 0.1) is 20.6 Å². The number of nitrogens with zero attached hydrogens (tertiary/aromatic N) is 2. The smallest absolute Gasteiger partial charge is 0.264 e. The highest BCUT2D eigenvalue weighted by atomic mass is 35.5. The molecule has 7 nitrogen and oxygen atoms in total. The number of halogens is 2. The SMILES string of the molecule is CC[C@@H](C)NC(=O)[C@@H](C)N(Cc1ccc(Cl)c(Cl)c1)C(=O)CN(c1cc(C)ccc1C)S(=O)(=O)c1ccc(C)cc1. The zero-order valence-corrected chi connectivity index (χ0v) is 26.6. The molecule has 0 aliphatic rings. The Morgan fingerprint density at radius 1 is 0.878 bits per heavy atom. The van der Waals surface area contributed by atoms with Crippen molar-refractivity contribution in [2.45, 2.75) is 71.5 Å². The molecule has 0 unspecified atom stereocenters. The van der Waals surface area contributed by atoms with E-state index in [0.29, 0.717) is 33.3 Å². The highest BCUT2D eigenvalue weighted by Crippen LogP contribution is 2.29. The van der Waals surface area contributed by atoms with Gasteiger partial charge in [0.2, 0.25) is 11.8 Å². The lowest BCUT2D eigenvalue weighted by atomic mass is 10.1. The molecule has 0 aliphatic heterocycles. The molecule has 0 aliphatic carbocycles. The summed E-state index contributed by atoms with van der Waals surface area (Å²) in [6.45, 7) is 10.5. The van der Waals surface area contributed by atoms with Crippen LogP contribution in [0.3, 0.4) is 0 Å². The van der Waals surface area contributed by atoms with Crippen molar-refractivity contribution < 1.29 is 18.0 Å². The molecule has 0 spiro atoms. The molecule has 0 heterocycles. The monoisotopic (exact) mass is 617 g/mol. The summed E-state index contributed by atoms with van der Waals surface area (Å²) in [7, 11) is -4.15. The summed E-state index contributed by atoms with van der Waals surface area (Å²) < 4.78 is 29.2. The second kappa shape index (κ2) is 13.7. The number of hydrogen-bond donors (Lipinski definition) is 1. The Bertz CT molecular complexity index is 1510. The number of carbonyl (C=O) groups excluding carboxylic acids is 2. The molecule has 3 aromatic carbocycles. The second-order valence-corrected chi connectivity index (χ2v) is 13.1. The highest BCUT2D eigenvalue weighted by Gasteiger charge is 2.33. The lowest BCUT2D eigenvalue weighted by molar-refractivity contribution is -0.139. The molecule has 3 aromatic rings. The summed E-state index contributed by atoms with van der Waals surface area (Å²) in [5.74, 6) is -0.882. The van der Waals surface area contributed by atoms with E-state index >= 15 is 0 Å². The fraction of sp³-hybridized carbons (Fsp3) is 0.355. The van der Waals surface area contributed by atoms with Crippen LogP contribution in [0.1, 0.15) is 49.4 Å². The van der Waals surface area contributed by atoms with Crippen molar-refractivity contribution in [2.24, 2.45) is 0 Å². The van der Waals surface area contributed by atoms with Gasteiger partial charge in [-0.2, -0.15) is 0 Å². The van der Waals surface area contributed by atoms with Crippen molar-refractivity contribution in [3.8, 4) is 0 Å². The van der Waals surface area contributed by atoms with Gasteiger partial charge in [0, 0.05) is 12.6 Å². The van der Waals surface area contributed by atoms with Gasteiger partial charge >= 0.3 is 0 Å². The average Bonchev–Trinajstić information content (AvgIpc) is 2.93. The highest BCUT2D eigenvalue weighted by molar-refractivity contribution is 7.92. The van der Waals surface area contributed by atoms with Gasteiger partial charge in [-0.1, -0.05) is 66.0 Å². The van der Waals surface area contributed by atoms with Crippen molar-refractivity contribution >= 4 is 50.7 Å². The Morgan fingerprint density at radius 3 is 2.12 bits per heavy atom. The van der Waals surface area contributed by atoms with Crippen LogP contribution in [0.4, 0.5) is 5.69 Å². The summed E-state index contributed by atoms with van der Waals surface area (Å²) >= 11 is 12.3. The summed E-state index contributed by atoms with van der Waals surface area (Å²) in [4.78, 5) is 28.7. The standard InChI is InChI=1S/C31H37Cl2N3O4S/c1-7-23(5)34-31(38)24(6)35(18-25-12-15-27(32)28(33)17-25)30(37)19-36(29-16-21(3)8-11-22(29)4)41(39,40)26-13-9-20(2)10-14-26/h8-17,23-24H,7,18-19H2,1-6H3,(H,34,38)/t23-,24-/m1/s1. The lowest BCUT2D eigenvalue weighted by Crippen LogP contribution is -2.52. The van der Waals surface area contributed by atoms with Crippen LogP contribution in [-0.4, -0.2) is 43.8 Å². The van der Waals surface area contributed by atoms with Gasteiger partial charge in [0.25, 0.3) is 10.0 Å². The predicted molar refractivity (Wildman–Crippen MR) is 166 cm³/mol. The molecule has 1 N–H and O–H groups in total. The first-order valence-electron chi connectivity index (χ1n) is 13.4. The van der Waals surface area contributed by atoms with Crippen LogP contribution >= 0.6 is 23.2 Å². The molecule has 0 radical (unpaired) electrons. The van der Waals surface area contributed by atoms with E-state index in [1.807, 2.05) is 39.8 Å². The van der Waals surface area contributed by atoms with Gasteiger partial charge in [-0.05, 0) is 88.1 Å². The zero-order valence-electron chi connectivity index (χ0n) is 24.2. The number of nitrogens with one attached hydrogen (secondary N) is 1. The minimum absolute atomic E-state index is 0.0238. The third-order valence-electron chi connectivity index (χ3n) is 7.03. The van der Waals surface area contributed by atoms with Gasteiger partial charge < -0.3 is 10.2 Å². The molecule has 10 heteroatoms. The Balaban J connectivity index is 2.08. The van der Waals surface area contributed by atoms with E-state index in [0.717, 1.165) is 15.4 Å². The number of sulfonamides is 1. The number of benzene rings is 3. The van der Waals surface area contributed by atoms with Crippen LogP contribution in [0.25, 0.3) is 0 Å². The van der Waals surface area contributed by atoms with Crippen molar-refractivity contribution in [1.82, 2.24) is 10.2 Å². The normalized spacial score (nSPS) is 12.9. The van der Waals surface area contributed by atoms with Crippen LogP contribution < -0.4 is 9.62 Å². The van der Waals surface area contributed by atoms with E-state index in [2.05, 4.69) is 5.32 Å². The minimum atomic E-state index is -4.15. The van der Waals surface area contributed by atoms with Crippen molar-refractivity contribution in [2.75, 3.05) is 10.8 Å². The van der Waals surface area contributed by atoms with Gasteiger partial charge in [0.15, 0.2) is 0 Å². The maximum atomic E-state index is 14.1. The molecule has 220 valence electrons. The summed E-state index contributed by atoms with van der Waals surface area (Å²) in [6.07, 6.45) is 0.717. The number of anilines is 1. The third kappa shape index (κ3) is 8.03. The molecule has 0 aromatic heterocycles. The van der Waals surface area contributed by atoms with E-state index in [-0.39, 0.29) is 23.4 Å². The molecule has 0 fully saturated rings. The predicted octanol–water partition coefficient (Wildman–Crippen LogP) is 6.45. The Kier molecular flexibility index (Phi) is 10.9. The minimum Gasteiger partial charge on any atom is -0.352 e. The molecular formula is C31H37Cl2N3O4S. The summed E-state index contributed by atoms with van der Waals surface area (Å²) in [5.41, 5.74) is 3.49. The van der Waals surface area contributed by atoms with E-state index in [1.165, 1.54) is 17.0 Å². The van der Waals surface area contributed by atoms with Crippen molar-refractivity contribution in [3.05, 3.63) is 93.0 Å². The van der Waals surface area contributed by atoms with E-state index in [4.69, 9.17) is 23.2 Å². The second-order valence-electron chi connectivity index (χ2n) is 10.4. The fourth-order valence-corrected chi connectivity index (χ4v) is 6.01. The van der Waals surface area contributed by atoms with E-state index in [9.17, 15) is 18.0 Å². The quantitative estimate of drug-likeness (QED) is 0.268. The third-order valence-corrected chi connectivity index (χ3v) is 9.54. The summed E-state index contributed by atoms with van der Waals surface area (Å²) in [6, 6.07) is 15.9. The molecule has 0 saturated carbocycles. The first-order valence-corrected chi connectivity index (χ1v) is 15.6. The van der Waals surface area contributed by atoms with Crippen molar-refractivity contribution in [1.29, 1.82) is 0 Å². The van der Waals surface area contributed by atoms with Gasteiger partial charge in [-0.25, -0.2) is 8.42 Å². The maximum Gasteiger partial charge on any atom is 0.264 e. The largest absolute Gasteiger partial charge is 0.352 e. The Labute approximate surface area is 253 Å². The molecule has 2 atom stereocenters. The van der Waals surface area contributed by atoms with E-state index < -0.39 is 28.5 Å². The number of rotatable bonds is 11. The molecule has 3 rings (SSSR count). The Morgan fingerprint density at radius 2 is 1.51 bits per heavy atom. The first kappa shape index (κ1) is 32.4. The molecular weight excluding hydrogens is 581 g/mol. The van der Waals surface area contributed by atoms with Gasteiger partial charge in [0.1, 0.15) is 12.6 Å². The number of carbonyl (C=O) groups is 2. The fourth-order valence-electron chi connectivity index (χ4n) is 4.22. The lowest BCUT2D eigenvalue weighted by Gasteiger charge is -2.33. The first-order chi connectivity index (χ1) is 19.2. The van der Waals surface area contributed by atoms with Gasteiger partial charge in [-0.15, -0.1) is 0 Å². The van der Waals surface area contributed by atoms with E-state index in [1.54, 1.807) is 50.2 Å². The average molecular weight is 619 g/mol. The molecule has 0 saturated heterocycles. The van der Waals surface area contributed by atoms with Crippen LogP contribution in [0.15, 0.2) is 65.6 Å². The molecule has 2 amide bonds. The van der Waals surface area contributed by atoms with Crippen LogP contribution in [0, 0.1) is 20.8 Å². The zero-order chi connectivity index (χ0) is 30.5. The van der Waals surface area contributed by atoms with Crippen LogP contribution in [0.5, 0.6) is 0 Å². The van der Waals surface area contributed by atoms with Crippen LogP contribution in [-0.2, 0) is 26.2 Å². The number of amides is 2. The topological polar surface area (TPSA) is 86.8 Å². The summed E-state index contributed by atoms with van der Waals surface area (Å²) in [5, 5.41) is 3.60. The molecule has 0 bridgehead atoms. The molecule has 41 heavy (non-hydrogen) atoms. The van der Waals surface area contributed by atoms with Crippen LogP contribution in [0.2, 0.25) is 10.0 Å². The van der Waals surface area contributed by atoms with Crippen molar-refractivity contribution in [3.63, 3.8) is 0 Å². The maximum absolute atomic E-state index is 14.1.